The predicted molar refractivity (Wildman–Crippen MR) is 73.9 cm³/mol. The molecule has 1 aliphatic rings. The van der Waals surface area contributed by atoms with Gasteiger partial charge in [0.25, 0.3) is 0 Å². The lowest BCUT2D eigenvalue weighted by Crippen LogP contribution is -2.47. The SMILES string of the molecule is CC1(C)CC(=O)C(Cl)(Sc2ccccc2)C(=O)C1. The fourth-order valence-corrected chi connectivity index (χ4v) is 3.47. The Labute approximate surface area is 116 Å². The molecule has 0 radical (unpaired) electrons. The topological polar surface area (TPSA) is 34.1 Å². The second kappa shape index (κ2) is 4.71. The highest BCUT2D eigenvalue weighted by Crippen LogP contribution is 2.47. The van der Waals surface area contributed by atoms with E-state index in [4.69, 9.17) is 11.6 Å². The molecule has 0 N–H and O–H groups in total. The maximum atomic E-state index is 12.2. The van der Waals surface area contributed by atoms with Crippen molar-refractivity contribution in [3.63, 3.8) is 0 Å². The number of alkyl halides is 1. The molecule has 2 nitrogen and oxygen atoms in total. The maximum absolute atomic E-state index is 12.2. The van der Waals surface area contributed by atoms with Gasteiger partial charge in [-0.15, -0.1) is 0 Å². The molecule has 0 bridgehead atoms. The molecule has 96 valence electrons. The Morgan fingerprint density at radius 1 is 1.06 bits per heavy atom. The first-order chi connectivity index (χ1) is 8.33. The highest BCUT2D eigenvalue weighted by molar-refractivity contribution is 8.03. The van der Waals surface area contributed by atoms with Crippen LogP contribution in [0.2, 0.25) is 0 Å². The molecule has 0 unspecified atom stereocenters. The summed E-state index contributed by atoms with van der Waals surface area (Å²) >= 11 is 7.45. The summed E-state index contributed by atoms with van der Waals surface area (Å²) in [5.74, 6) is -0.362. The summed E-state index contributed by atoms with van der Waals surface area (Å²) < 4.78 is -1.43. The second-order valence-corrected chi connectivity index (χ2v) is 7.45. The van der Waals surface area contributed by atoms with E-state index in [9.17, 15) is 9.59 Å². The second-order valence-electron chi connectivity index (χ2n) is 5.37. The number of halogens is 1. The first-order valence-electron chi connectivity index (χ1n) is 5.83. The summed E-state index contributed by atoms with van der Waals surface area (Å²) in [4.78, 5) is 25.2. The lowest BCUT2D eigenvalue weighted by Gasteiger charge is -2.36. The number of Topliss-reactive ketones (excluding diaryl/α,β-unsaturated/α-hetero) is 2. The highest BCUT2D eigenvalue weighted by Gasteiger charge is 2.51. The number of thioether (sulfide) groups is 1. The normalized spacial score (nSPS) is 21.9. The number of hydrogen-bond acceptors (Lipinski definition) is 3. The van der Waals surface area contributed by atoms with E-state index in [1.807, 2.05) is 44.2 Å². The molecule has 0 aliphatic heterocycles. The van der Waals surface area contributed by atoms with E-state index in [-0.39, 0.29) is 17.0 Å². The minimum Gasteiger partial charge on any atom is -0.296 e. The van der Waals surface area contributed by atoms with Gasteiger partial charge in [-0.1, -0.05) is 55.4 Å². The van der Waals surface area contributed by atoms with Crippen LogP contribution in [0, 0.1) is 5.41 Å². The summed E-state index contributed by atoms with van der Waals surface area (Å²) in [6.07, 6.45) is 0.699. The van der Waals surface area contributed by atoms with Crippen molar-refractivity contribution in [2.45, 2.75) is 35.8 Å². The van der Waals surface area contributed by atoms with E-state index >= 15 is 0 Å². The molecule has 18 heavy (non-hydrogen) atoms. The predicted octanol–water partition coefficient (Wildman–Crippen LogP) is 3.67. The third kappa shape index (κ3) is 2.62. The zero-order valence-electron chi connectivity index (χ0n) is 10.4. The van der Waals surface area contributed by atoms with Gasteiger partial charge in [-0.3, -0.25) is 9.59 Å². The average Bonchev–Trinajstić information content (AvgIpc) is 2.27. The van der Waals surface area contributed by atoms with E-state index in [1.165, 1.54) is 0 Å². The van der Waals surface area contributed by atoms with Crippen LogP contribution in [0.4, 0.5) is 0 Å². The monoisotopic (exact) mass is 282 g/mol. The van der Waals surface area contributed by atoms with Crippen LogP contribution in [0.3, 0.4) is 0 Å². The van der Waals surface area contributed by atoms with E-state index in [1.54, 1.807) is 0 Å². The molecule has 0 spiro atoms. The van der Waals surface area contributed by atoms with Crippen molar-refractivity contribution in [1.29, 1.82) is 0 Å². The summed E-state index contributed by atoms with van der Waals surface area (Å²) in [6, 6.07) is 9.33. The van der Waals surface area contributed by atoms with Crippen LogP contribution in [0.5, 0.6) is 0 Å². The van der Waals surface area contributed by atoms with Gasteiger partial charge in [-0.2, -0.15) is 0 Å². The summed E-state index contributed by atoms with van der Waals surface area (Å²) in [6.45, 7) is 3.85. The zero-order valence-corrected chi connectivity index (χ0v) is 12.0. The number of rotatable bonds is 2. The first-order valence-corrected chi connectivity index (χ1v) is 7.02. The number of carbonyl (C=O) groups is 2. The molecule has 1 aromatic rings. The van der Waals surface area contributed by atoms with Crippen molar-refractivity contribution in [3.05, 3.63) is 30.3 Å². The molecule has 0 heterocycles. The highest BCUT2D eigenvalue weighted by atomic mass is 35.5. The van der Waals surface area contributed by atoms with Crippen molar-refractivity contribution in [1.82, 2.24) is 0 Å². The van der Waals surface area contributed by atoms with Crippen LogP contribution >= 0.6 is 23.4 Å². The summed E-state index contributed by atoms with van der Waals surface area (Å²) in [7, 11) is 0. The molecule has 0 atom stereocenters. The van der Waals surface area contributed by atoms with Crippen molar-refractivity contribution in [3.8, 4) is 0 Å². The van der Waals surface area contributed by atoms with Crippen LogP contribution in [-0.4, -0.2) is 15.8 Å². The summed E-state index contributed by atoms with van der Waals surface area (Å²) in [5.41, 5.74) is -0.274. The Morgan fingerprint density at radius 2 is 1.56 bits per heavy atom. The zero-order chi connectivity index (χ0) is 13.4. The first kappa shape index (κ1) is 13.6. The lowest BCUT2D eigenvalue weighted by molar-refractivity contribution is -0.134. The van der Waals surface area contributed by atoms with Gasteiger partial charge in [-0.05, 0) is 17.5 Å². The quantitative estimate of drug-likeness (QED) is 0.613. The Hall–Kier alpha value is -0.800. The third-order valence-electron chi connectivity index (χ3n) is 3.00. The van der Waals surface area contributed by atoms with Gasteiger partial charge in [0, 0.05) is 17.7 Å². The van der Waals surface area contributed by atoms with Gasteiger partial charge in [0.1, 0.15) is 0 Å². The Balaban J connectivity index is 2.25. The molecule has 0 saturated heterocycles. The Bertz CT molecular complexity index is 462. The number of ketones is 2. The molecule has 1 saturated carbocycles. The Kier molecular flexibility index (Phi) is 3.56. The van der Waals surface area contributed by atoms with Crippen LogP contribution in [0.15, 0.2) is 35.2 Å². The molecule has 0 aromatic heterocycles. The molecule has 2 rings (SSSR count). The fourth-order valence-electron chi connectivity index (χ4n) is 2.08. The van der Waals surface area contributed by atoms with Crippen LogP contribution in [-0.2, 0) is 9.59 Å². The molecule has 0 amide bonds. The summed E-state index contributed by atoms with van der Waals surface area (Å²) in [5, 5.41) is 0. The third-order valence-corrected chi connectivity index (χ3v) is 4.89. The van der Waals surface area contributed by atoms with E-state index < -0.39 is 4.21 Å². The maximum Gasteiger partial charge on any atom is 0.210 e. The number of hydrogen-bond donors (Lipinski definition) is 0. The lowest BCUT2D eigenvalue weighted by atomic mass is 9.76. The van der Waals surface area contributed by atoms with Crippen LogP contribution in [0.25, 0.3) is 0 Å². The van der Waals surface area contributed by atoms with Crippen molar-refractivity contribution >= 4 is 34.9 Å². The van der Waals surface area contributed by atoms with E-state index in [2.05, 4.69) is 0 Å². The van der Waals surface area contributed by atoms with E-state index in [0.717, 1.165) is 16.7 Å². The smallest absolute Gasteiger partial charge is 0.210 e. The molecule has 1 aliphatic carbocycles. The average molecular weight is 283 g/mol. The minimum atomic E-state index is -1.43. The number of carbonyl (C=O) groups excluding carboxylic acids is 2. The van der Waals surface area contributed by atoms with Gasteiger partial charge < -0.3 is 0 Å². The van der Waals surface area contributed by atoms with Crippen molar-refractivity contribution in [2.75, 3.05) is 0 Å². The largest absolute Gasteiger partial charge is 0.296 e. The van der Waals surface area contributed by atoms with Crippen LogP contribution < -0.4 is 0 Å². The standard InChI is InChI=1S/C14H15ClO2S/c1-13(2)8-11(16)14(15,12(17)9-13)18-10-6-4-3-5-7-10/h3-7H,8-9H2,1-2H3. The Morgan fingerprint density at radius 3 is 2.06 bits per heavy atom. The van der Waals surface area contributed by atoms with E-state index in [0.29, 0.717) is 12.8 Å². The van der Waals surface area contributed by atoms with Crippen molar-refractivity contribution < 1.29 is 9.59 Å². The van der Waals surface area contributed by atoms with Gasteiger partial charge in [0.2, 0.25) is 4.21 Å². The molecular formula is C14H15ClO2S. The van der Waals surface area contributed by atoms with Gasteiger partial charge in [0.15, 0.2) is 11.6 Å². The number of benzene rings is 1. The molecule has 1 fully saturated rings. The van der Waals surface area contributed by atoms with Gasteiger partial charge >= 0.3 is 0 Å². The van der Waals surface area contributed by atoms with Crippen LogP contribution in [0.1, 0.15) is 26.7 Å². The molecule has 1 aromatic carbocycles. The van der Waals surface area contributed by atoms with Crippen molar-refractivity contribution in [2.24, 2.45) is 5.41 Å². The molecule has 4 heteroatoms. The minimum absolute atomic E-state index is 0.181. The fraction of sp³-hybridized carbons (Fsp3) is 0.429. The molecular weight excluding hydrogens is 268 g/mol. The van der Waals surface area contributed by atoms with Gasteiger partial charge in [-0.25, -0.2) is 0 Å². The van der Waals surface area contributed by atoms with Gasteiger partial charge in [0.05, 0.1) is 0 Å².